The zero-order valence-electron chi connectivity index (χ0n) is 15.7. The lowest BCUT2D eigenvalue weighted by molar-refractivity contribution is -0.168. The molecule has 0 amide bonds. The van der Waals surface area contributed by atoms with Crippen molar-refractivity contribution in [1.82, 2.24) is 0 Å². The summed E-state index contributed by atoms with van der Waals surface area (Å²) >= 11 is 0. The molecule has 138 valence electrons. The molecule has 2 aliphatic carbocycles. The summed E-state index contributed by atoms with van der Waals surface area (Å²) in [4.78, 5) is 23.9. The highest BCUT2D eigenvalue weighted by Gasteiger charge is 2.57. The van der Waals surface area contributed by atoms with Gasteiger partial charge in [0.2, 0.25) is 0 Å². The number of rotatable bonds is 4. The average molecular weight is 346 g/mol. The largest absolute Gasteiger partial charge is 0.469 e. The van der Waals surface area contributed by atoms with E-state index in [0.717, 1.165) is 50.5 Å². The molecule has 4 atom stereocenters. The third kappa shape index (κ3) is 3.04. The predicted molar refractivity (Wildman–Crippen MR) is 95.7 cm³/mol. The molecule has 2 saturated carbocycles. The van der Waals surface area contributed by atoms with Gasteiger partial charge in [-0.25, -0.2) is 4.79 Å². The molecular formula is C21H30O4. The smallest absolute Gasteiger partial charge is 0.331 e. The van der Waals surface area contributed by atoms with Crippen molar-refractivity contribution in [1.29, 1.82) is 0 Å². The van der Waals surface area contributed by atoms with Crippen LogP contribution >= 0.6 is 0 Å². The molecule has 2 fully saturated rings. The topological polar surface area (TPSA) is 52.6 Å². The van der Waals surface area contributed by atoms with Gasteiger partial charge in [-0.2, -0.15) is 0 Å². The monoisotopic (exact) mass is 346 g/mol. The van der Waals surface area contributed by atoms with Crippen molar-refractivity contribution < 1.29 is 19.1 Å². The van der Waals surface area contributed by atoms with Gasteiger partial charge in [-0.3, -0.25) is 4.79 Å². The molecule has 0 N–H and O–H groups in total. The first-order chi connectivity index (χ1) is 11.8. The van der Waals surface area contributed by atoms with E-state index in [-0.39, 0.29) is 17.4 Å². The first kappa shape index (κ1) is 18.2. The van der Waals surface area contributed by atoms with Crippen LogP contribution in [0.25, 0.3) is 0 Å². The summed E-state index contributed by atoms with van der Waals surface area (Å²) < 4.78 is 10.2. The molecule has 1 aliphatic heterocycles. The minimum Gasteiger partial charge on any atom is -0.469 e. The second kappa shape index (κ2) is 6.62. The van der Waals surface area contributed by atoms with Crippen molar-refractivity contribution in [3.63, 3.8) is 0 Å². The summed E-state index contributed by atoms with van der Waals surface area (Å²) in [5, 5.41) is 0. The number of methoxy groups -OCH3 is 1. The maximum absolute atomic E-state index is 12.6. The molecule has 0 spiro atoms. The summed E-state index contributed by atoms with van der Waals surface area (Å²) in [5.74, 6) is 0.420. The molecule has 0 bridgehead atoms. The average Bonchev–Trinajstić information content (AvgIpc) is 2.98. The summed E-state index contributed by atoms with van der Waals surface area (Å²) in [7, 11) is 1.50. The van der Waals surface area contributed by atoms with Crippen molar-refractivity contribution in [2.75, 3.05) is 13.7 Å². The molecule has 0 radical (unpaired) electrons. The number of fused-ring (bicyclic) bond motifs is 1. The number of carbonyl (C=O) groups excluding carboxylic acids is 2. The molecule has 3 aliphatic rings. The second-order valence-corrected chi connectivity index (χ2v) is 8.52. The maximum Gasteiger partial charge on any atom is 0.331 e. The van der Waals surface area contributed by atoms with Crippen molar-refractivity contribution >= 4 is 11.9 Å². The van der Waals surface area contributed by atoms with E-state index < -0.39 is 5.41 Å². The van der Waals surface area contributed by atoms with Crippen LogP contribution in [-0.4, -0.2) is 25.7 Å². The molecule has 1 heterocycles. The third-order valence-corrected chi connectivity index (χ3v) is 7.15. The summed E-state index contributed by atoms with van der Waals surface area (Å²) in [6.45, 7) is 9.24. The predicted octanol–water partition coefficient (Wildman–Crippen LogP) is 4.20. The highest BCUT2D eigenvalue weighted by molar-refractivity contribution is 5.85. The van der Waals surface area contributed by atoms with E-state index in [2.05, 4.69) is 20.4 Å². The lowest BCUT2D eigenvalue weighted by Crippen LogP contribution is -2.53. The van der Waals surface area contributed by atoms with Crippen LogP contribution in [0.15, 0.2) is 23.8 Å². The molecule has 0 aromatic heterocycles. The zero-order chi connectivity index (χ0) is 18.2. The van der Waals surface area contributed by atoms with Gasteiger partial charge < -0.3 is 9.47 Å². The van der Waals surface area contributed by atoms with Gasteiger partial charge in [-0.1, -0.05) is 25.5 Å². The lowest BCUT2D eigenvalue weighted by Gasteiger charge is -2.57. The van der Waals surface area contributed by atoms with Gasteiger partial charge in [0.1, 0.15) is 6.61 Å². The van der Waals surface area contributed by atoms with Crippen LogP contribution in [0.1, 0.15) is 58.8 Å². The van der Waals surface area contributed by atoms with Crippen molar-refractivity contribution in [2.45, 2.75) is 58.8 Å². The van der Waals surface area contributed by atoms with Gasteiger partial charge in [0.15, 0.2) is 0 Å². The molecule has 3 rings (SSSR count). The van der Waals surface area contributed by atoms with Crippen molar-refractivity contribution in [3.05, 3.63) is 23.8 Å². The maximum atomic E-state index is 12.6. The Labute approximate surface area is 150 Å². The molecule has 1 unspecified atom stereocenters. The number of allylic oxidation sites excluding steroid dienone is 1. The first-order valence-electron chi connectivity index (χ1n) is 9.43. The zero-order valence-corrected chi connectivity index (χ0v) is 15.7. The Hall–Kier alpha value is -1.58. The SMILES string of the molecule is C=C1CCC2[C@](C)(CCC[C@]2(C)C(=O)OC)[C@H]1CCC1=CC(=O)OC1. The van der Waals surface area contributed by atoms with Gasteiger partial charge in [-0.15, -0.1) is 0 Å². The highest BCUT2D eigenvalue weighted by atomic mass is 16.5. The first-order valence-corrected chi connectivity index (χ1v) is 9.43. The number of ether oxygens (including phenoxy) is 2. The highest BCUT2D eigenvalue weighted by Crippen LogP contribution is 2.62. The number of cyclic esters (lactones) is 1. The lowest BCUT2D eigenvalue weighted by atomic mass is 9.46. The minimum atomic E-state index is -0.396. The van der Waals surface area contributed by atoms with E-state index in [0.29, 0.717) is 18.4 Å². The summed E-state index contributed by atoms with van der Waals surface area (Å²) in [5.41, 5.74) is 2.06. The van der Waals surface area contributed by atoms with Crippen LogP contribution in [0.2, 0.25) is 0 Å². The molecular weight excluding hydrogens is 316 g/mol. The fraction of sp³-hybridized carbons (Fsp3) is 0.714. The Morgan fingerprint density at radius 2 is 2.16 bits per heavy atom. The van der Waals surface area contributed by atoms with Crippen LogP contribution in [0.5, 0.6) is 0 Å². The number of hydrogen-bond donors (Lipinski definition) is 0. The Morgan fingerprint density at radius 1 is 1.40 bits per heavy atom. The Balaban J connectivity index is 1.83. The molecule has 25 heavy (non-hydrogen) atoms. The van der Waals surface area contributed by atoms with E-state index in [1.807, 2.05) is 0 Å². The minimum absolute atomic E-state index is 0.0628. The quantitative estimate of drug-likeness (QED) is 0.565. The number of esters is 2. The molecule has 0 aromatic carbocycles. The van der Waals surface area contributed by atoms with E-state index in [9.17, 15) is 9.59 Å². The van der Waals surface area contributed by atoms with Crippen LogP contribution in [-0.2, 0) is 19.1 Å². The standard InChI is InChI=1S/C21H30O4/c1-14-6-9-17-20(2,10-5-11-21(17,3)19(23)24-4)16(14)8-7-15-12-18(22)25-13-15/h12,16-17H,1,5-11,13H2,2-4H3/t16-,17?,20+,21-/m0/s1. The van der Waals surface area contributed by atoms with E-state index in [1.165, 1.54) is 12.7 Å². The fourth-order valence-electron chi connectivity index (χ4n) is 5.85. The van der Waals surface area contributed by atoms with Gasteiger partial charge in [0, 0.05) is 6.08 Å². The van der Waals surface area contributed by atoms with E-state index >= 15 is 0 Å². The normalized spacial score (nSPS) is 38.0. The van der Waals surface area contributed by atoms with Gasteiger partial charge in [0.25, 0.3) is 0 Å². The third-order valence-electron chi connectivity index (χ3n) is 7.15. The Bertz CT molecular complexity index is 619. The summed E-state index contributed by atoms with van der Waals surface area (Å²) in [6.07, 6.45) is 8.55. The van der Waals surface area contributed by atoms with Gasteiger partial charge in [0.05, 0.1) is 12.5 Å². The van der Waals surface area contributed by atoms with Gasteiger partial charge >= 0.3 is 11.9 Å². The molecule has 0 aromatic rings. The van der Waals surface area contributed by atoms with Crippen LogP contribution in [0, 0.1) is 22.7 Å². The van der Waals surface area contributed by atoms with E-state index in [4.69, 9.17) is 9.47 Å². The number of hydrogen-bond acceptors (Lipinski definition) is 4. The second-order valence-electron chi connectivity index (χ2n) is 8.52. The molecule has 4 nitrogen and oxygen atoms in total. The number of carbonyl (C=O) groups is 2. The molecule has 0 saturated heterocycles. The van der Waals surface area contributed by atoms with Crippen molar-refractivity contribution in [2.24, 2.45) is 22.7 Å². The van der Waals surface area contributed by atoms with Crippen LogP contribution < -0.4 is 0 Å². The molecule has 4 heteroatoms. The van der Waals surface area contributed by atoms with E-state index in [1.54, 1.807) is 6.08 Å². The Kier molecular flexibility index (Phi) is 4.82. The van der Waals surface area contributed by atoms with Crippen molar-refractivity contribution in [3.8, 4) is 0 Å². The summed E-state index contributed by atoms with van der Waals surface area (Å²) in [6, 6.07) is 0. The van der Waals surface area contributed by atoms with Crippen LogP contribution in [0.3, 0.4) is 0 Å². The fourth-order valence-corrected chi connectivity index (χ4v) is 5.85. The Morgan fingerprint density at radius 3 is 2.80 bits per heavy atom. The van der Waals surface area contributed by atoms with Gasteiger partial charge in [-0.05, 0) is 68.3 Å². The van der Waals surface area contributed by atoms with Crippen LogP contribution in [0.4, 0.5) is 0 Å².